The highest BCUT2D eigenvalue weighted by atomic mass is 127. The average molecular weight is 466 g/mol. The van der Waals surface area contributed by atoms with Crippen LogP contribution in [0.15, 0.2) is 22.6 Å². The van der Waals surface area contributed by atoms with Gasteiger partial charge in [-0.2, -0.15) is 8.42 Å². The van der Waals surface area contributed by atoms with Gasteiger partial charge in [0.25, 0.3) is 0 Å². The van der Waals surface area contributed by atoms with Crippen LogP contribution in [0, 0.1) is 3.57 Å². The molecule has 1 heterocycles. The summed E-state index contributed by atoms with van der Waals surface area (Å²) in [5.41, 5.74) is 2.22. The summed E-state index contributed by atoms with van der Waals surface area (Å²) in [7, 11) is 1.38. The van der Waals surface area contributed by atoms with Crippen molar-refractivity contribution < 1.29 is 13.2 Å². The van der Waals surface area contributed by atoms with Gasteiger partial charge in [-0.25, -0.2) is 0 Å². The number of hydrogen-bond donors (Lipinski definition) is 0. The molecule has 0 bridgehead atoms. The minimum Gasteiger partial charge on any atom is -0.473 e. The van der Waals surface area contributed by atoms with Crippen molar-refractivity contribution in [3.63, 3.8) is 0 Å². The van der Waals surface area contributed by atoms with Crippen molar-refractivity contribution in [2.75, 3.05) is 0 Å². The maximum absolute atomic E-state index is 11.4. The van der Waals surface area contributed by atoms with Crippen LogP contribution in [-0.2, 0) is 25.8 Å². The van der Waals surface area contributed by atoms with E-state index in [2.05, 4.69) is 45.2 Å². The minimum absolute atomic E-state index is 0.152. The highest BCUT2D eigenvalue weighted by Crippen LogP contribution is 2.60. The summed E-state index contributed by atoms with van der Waals surface area (Å²) < 4.78 is 33.9. The van der Waals surface area contributed by atoms with Crippen molar-refractivity contribution in [3.8, 4) is 0 Å². The van der Waals surface area contributed by atoms with Crippen LogP contribution in [0.3, 0.4) is 0 Å². The van der Waals surface area contributed by atoms with Gasteiger partial charge in [0.05, 0.1) is 0 Å². The molecule has 0 unspecified atom stereocenters. The molecule has 23 heavy (non-hydrogen) atoms. The third-order valence-corrected chi connectivity index (χ3v) is 6.97. The van der Waals surface area contributed by atoms with E-state index in [1.807, 2.05) is 0 Å². The monoisotopic (exact) mass is 465 g/mol. The molecule has 3 aliphatic rings. The molecule has 0 amide bonds. The van der Waals surface area contributed by atoms with Gasteiger partial charge < -0.3 is 4.74 Å². The number of hydrogen-bond acceptors (Lipinski definition) is 3. The van der Waals surface area contributed by atoms with E-state index in [1.54, 1.807) is 0 Å². The fraction of sp³-hybridized carbons (Fsp3) is 0.562. The predicted molar refractivity (Wildman–Crippen MR) is 98.3 cm³/mol. The summed E-state index contributed by atoms with van der Waals surface area (Å²) >= 11 is 2.34. The molecule has 0 aromatic heterocycles. The Balaban J connectivity index is 1.90. The summed E-state index contributed by atoms with van der Waals surface area (Å²) in [6.07, 6.45) is 6.64. The van der Waals surface area contributed by atoms with Gasteiger partial charge >= 0.3 is 9.24 Å². The van der Waals surface area contributed by atoms with Crippen molar-refractivity contribution in [2.24, 2.45) is 4.40 Å². The number of benzene rings is 1. The topological polar surface area (TPSA) is 55.7 Å². The first-order chi connectivity index (χ1) is 10.8. The Morgan fingerprint density at radius 3 is 2.78 bits per heavy atom. The molecule has 4 nitrogen and oxygen atoms in total. The van der Waals surface area contributed by atoms with E-state index in [0.29, 0.717) is 6.42 Å². The first-order valence-corrected chi connectivity index (χ1v) is 11.2. The lowest BCUT2D eigenvalue weighted by molar-refractivity contribution is -0.0324. The Morgan fingerprint density at radius 2 is 2.00 bits per heavy atom. The third kappa shape index (κ3) is 2.52. The van der Waals surface area contributed by atoms with Crippen molar-refractivity contribution in [1.29, 1.82) is 0 Å². The molecule has 0 radical (unpaired) electrons. The second kappa shape index (κ2) is 5.33. The third-order valence-electron chi connectivity index (χ3n) is 5.67. The zero-order valence-electron chi connectivity index (χ0n) is 12.5. The molecule has 1 aromatic rings. The quantitative estimate of drug-likeness (QED) is 0.464. The normalized spacial score (nSPS) is 34.4. The van der Waals surface area contributed by atoms with E-state index in [4.69, 9.17) is 15.4 Å². The zero-order chi connectivity index (χ0) is 16.3. The van der Waals surface area contributed by atoms with Gasteiger partial charge in [0.15, 0.2) is 0 Å². The standard InChI is InChI=1S/C16H17ClINO3S/c17-23(20,21)19-14-10-15-6-1-2-7-16(15,22-14)8-5-11-3-4-12(18)9-13(11)15/h3-4,9H,1-2,5-8,10H2/t15-,16+/m0/s1. The SMILES string of the molecule is O=S(=O)(Cl)N=C1C[C@]23CCCC[C@]2(CCc2ccc(I)cc23)O1. The first kappa shape index (κ1) is 16.1. The predicted octanol–water partition coefficient (Wildman–Crippen LogP) is 4.09. The van der Waals surface area contributed by atoms with Gasteiger partial charge in [-0.1, -0.05) is 12.5 Å². The van der Waals surface area contributed by atoms with Crippen LogP contribution in [0.2, 0.25) is 0 Å². The highest BCUT2D eigenvalue weighted by Gasteiger charge is 2.63. The van der Waals surface area contributed by atoms with Crippen LogP contribution >= 0.6 is 33.3 Å². The van der Waals surface area contributed by atoms with E-state index in [1.165, 1.54) is 14.7 Å². The Bertz CT molecular complexity index is 810. The average Bonchev–Trinajstić information content (AvgIpc) is 2.79. The van der Waals surface area contributed by atoms with E-state index in [-0.39, 0.29) is 16.9 Å². The summed E-state index contributed by atoms with van der Waals surface area (Å²) in [6, 6.07) is 6.59. The second-order valence-electron chi connectivity index (χ2n) is 6.76. The van der Waals surface area contributed by atoms with E-state index in [0.717, 1.165) is 38.5 Å². The number of ether oxygens (including phenoxy) is 1. The molecule has 4 rings (SSSR count). The molecule has 124 valence electrons. The van der Waals surface area contributed by atoms with Crippen LogP contribution in [0.5, 0.6) is 0 Å². The van der Waals surface area contributed by atoms with Crippen LogP contribution < -0.4 is 0 Å². The molecule has 2 fully saturated rings. The van der Waals surface area contributed by atoms with E-state index < -0.39 is 9.24 Å². The van der Waals surface area contributed by atoms with Crippen molar-refractivity contribution in [3.05, 3.63) is 32.9 Å². The summed E-state index contributed by atoms with van der Waals surface area (Å²) in [5.74, 6) is 0.286. The van der Waals surface area contributed by atoms with Crippen LogP contribution in [0.4, 0.5) is 0 Å². The molecule has 1 saturated heterocycles. The molecule has 2 aliphatic carbocycles. The zero-order valence-corrected chi connectivity index (χ0v) is 16.2. The maximum atomic E-state index is 11.4. The van der Waals surface area contributed by atoms with Gasteiger partial charge in [0.1, 0.15) is 5.60 Å². The number of halogens is 2. The Morgan fingerprint density at radius 1 is 1.22 bits per heavy atom. The molecule has 0 N–H and O–H groups in total. The largest absolute Gasteiger partial charge is 0.473 e. The summed E-state index contributed by atoms with van der Waals surface area (Å²) in [6.45, 7) is 0. The van der Waals surface area contributed by atoms with Gasteiger partial charge in [0.2, 0.25) is 5.90 Å². The summed E-state index contributed by atoms with van der Waals surface area (Å²) in [4.78, 5) is 0. The smallest absolute Gasteiger partial charge is 0.342 e. The number of rotatable bonds is 1. The van der Waals surface area contributed by atoms with Crippen LogP contribution in [-0.4, -0.2) is 19.9 Å². The van der Waals surface area contributed by atoms with Crippen molar-refractivity contribution >= 4 is 48.4 Å². The number of aryl methyl sites for hydroxylation is 1. The van der Waals surface area contributed by atoms with E-state index >= 15 is 0 Å². The molecule has 1 saturated carbocycles. The van der Waals surface area contributed by atoms with Crippen LogP contribution in [0.1, 0.15) is 49.7 Å². The highest BCUT2D eigenvalue weighted by molar-refractivity contribution is 14.1. The fourth-order valence-corrected chi connectivity index (χ4v) is 5.90. The second-order valence-corrected chi connectivity index (χ2v) is 10.2. The van der Waals surface area contributed by atoms with Crippen molar-refractivity contribution in [1.82, 2.24) is 0 Å². The van der Waals surface area contributed by atoms with Gasteiger partial charge in [-0.3, -0.25) is 0 Å². The Labute approximate surface area is 154 Å². The molecule has 0 spiro atoms. The number of nitrogens with zero attached hydrogens (tertiary/aromatic N) is 1. The number of fused-ring (bicyclic) bond motifs is 1. The first-order valence-electron chi connectivity index (χ1n) is 7.85. The lowest BCUT2D eigenvalue weighted by atomic mass is 9.54. The minimum atomic E-state index is -3.95. The molecular formula is C16H17ClINO3S. The molecule has 1 aliphatic heterocycles. The van der Waals surface area contributed by atoms with Gasteiger partial charge in [0, 0.05) is 26.1 Å². The molecular weight excluding hydrogens is 449 g/mol. The van der Waals surface area contributed by atoms with Crippen molar-refractivity contribution in [2.45, 2.75) is 56.0 Å². The molecule has 7 heteroatoms. The fourth-order valence-electron chi connectivity index (χ4n) is 4.83. The Kier molecular flexibility index (Phi) is 3.74. The maximum Gasteiger partial charge on any atom is 0.342 e. The van der Waals surface area contributed by atoms with Gasteiger partial charge in [-0.15, -0.1) is 4.40 Å². The lowest BCUT2D eigenvalue weighted by Gasteiger charge is -2.51. The Hall–Kier alpha value is -0.340. The van der Waals surface area contributed by atoms with Crippen LogP contribution in [0.25, 0.3) is 0 Å². The van der Waals surface area contributed by atoms with E-state index in [9.17, 15) is 8.42 Å². The lowest BCUT2D eigenvalue weighted by Crippen LogP contribution is -2.53. The van der Waals surface area contributed by atoms with Gasteiger partial charge in [-0.05, 0) is 78.0 Å². The molecule has 2 atom stereocenters. The summed E-state index contributed by atoms with van der Waals surface area (Å²) in [5, 5.41) is 0. The molecule has 1 aromatic carbocycles.